The van der Waals surface area contributed by atoms with Crippen LogP contribution in [0, 0.1) is 0 Å². The molecule has 1 aromatic carbocycles. The predicted octanol–water partition coefficient (Wildman–Crippen LogP) is 1.75. The van der Waals surface area contributed by atoms with Crippen molar-refractivity contribution in [2.24, 2.45) is 0 Å². The minimum Gasteiger partial charge on any atom is -0.276 e. The van der Waals surface area contributed by atoms with E-state index in [9.17, 15) is 13.2 Å². The summed E-state index contributed by atoms with van der Waals surface area (Å²) in [7, 11) is -3.58. The Morgan fingerprint density at radius 3 is 2.50 bits per heavy atom. The number of carbonyl (C=O) groups excluding carboxylic acids is 1. The lowest BCUT2D eigenvalue weighted by Crippen LogP contribution is -2.30. The van der Waals surface area contributed by atoms with Crippen molar-refractivity contribution in [2.75, 3.05) is 0 Å². The van der Waals surface area contributed by atoms with Gasteiger partial charge in [-0.15, -0.1) is 0 Å². The number of nitrogens with one attached hydrogen (secondary N) is 1. The number of carbonyl (C=O) groups is 1. The number of halogens is 1. The highest BCUT2D eigenvalue weighted by Gasteiger charge is 2.16. The Labute approximate surface area is 99.7 Å². The topological polar surface area (TPSA) is 63.2 Å². The molecule has 6 heteroatoms. The molecular weight excluding hydrogens is 250 g/mol. The first-order valence-electron chi connectivity index (χ1n) is 4.65. The number of benzene rings is 1. The van der Waals surface area contributed by atoms with E-state index in [1.54, 1.807) is 13.8 Å². The third-order valence-electron chi connectivity index (χ3n) is 1.76. The predicted molar refractivity (Wildman–Crippen MR) is 62.1 cm³/mol. The third kappa shape index (κ3) is 3.30. The summed E-state index contributed by atoms with van der Waals surface area (Å²) in [5, 5.41) is -0.679. The van der Waals surface area contributed by atoms with E-state index in [0.717, 1.165) is 0 Å². The second kappa shape index (κ2) is 4.95. The SMILES string of the molecule is CC(C)NS(=O)(=O)c1cccc(C(=O)Cl)c1. The van der Waals surface area contributed by atoms with Gasteiger partial charge >= 0.3 is 0 Å². The van der Waals surface area contributed by atoms with Crippen LogP contribution in [0.1, 0.15) is 24.2 Å². The molecular formula is C10H12ClNO3S. The number of rotatable bonds is 4. The quantitative estimate of drug-likeness (QED) is 0.840. The highest BCUT2D eigenvalue weighted by Crippen LogP contribution is 2.13. The monoisotopic (exact) mass is 261 g/mol. The third-order valence-corrected chi connectivity index (χ3v) is 3.64. The largest absolute Gasteiger partial charge is 0.276 e. The van der Waals surface area contributed by atoms with Gasteiger partial charge in [-0.3, -0.25) is 4.79 Å². The summed E-state index contributed by atoms with van der Waals surface area (Å²) >= 11 is 5.28. The van der Waals surface area contributed by atoms with Crippen LogP contribution in [0.4, 0.5) is 0 Å². The molecule has 0 unspecified atom stereocenters. The molecule has 0 amide bonds. The molecule has 0 radical (unpaired) electrons. The Bertz CT molecular complexity index is 497. The summed E-state index contributed by atoms with van der Waals surface area (Å²) in [6.45, 7) is 3.43. The second-order valence-electron chi connectivity index (χ2n) is 3.58. The Balaban J connectivity index is 3.14. The van der Waals surface area contributed by atoms with Crippen LogP contribution in [0.15, 0.2) is 29.2 Å². The minimum atomic E-state index is -3.58. The van der Waals surface area contributed by atoms with Gasteiger partial charge in [-0.1, -0.05) is 12.1 Å². The molecule has 0 saturated carbocycles. The van der Waals surface area contributed by atoms with Crippen molar-refractivity contribution in [3.8, 4) is 0 Å². The fourth-order valence-electron chi connectivity index (χ4n) is 1.16. The smallest absolute Gasteiger partial charge is 0.252 e. The zero-order valence-electron chi connectivity index (χ0n) is 8.90. The first kappa shape index (κ1) is 13.2. The normalized spacial score (nSPS) is 11.8. The van der Waals surface area contributed by atoms with Crippen LogP contribution in [0.2, 0.25) is 0 Å². The Morgan fingerprint density at radius 1 is 1.38 bits per heavy atom. The fourth-order valence-corrected chi connectivity index (χ4v) is 2.58. The van der Waals surface area contributed by atoms with Crippen molar-refractivity contribution in [3.05, 3.63) is 29.8 Å². The van der Waals surface area contributed by atoms with E-state index in [-0.39, 0.29) is 16.5 Å². The van der Waals surface area contributed by atoms with Crippen LogP contribution in [0.5, 0.6) is 0 Å². The molecule has 88 valence electrons. The van der Waals surface area contributed by atoms with Gasteiger partial charge in [0.05, 0.1) is 4.90 Å². The van der Waals surface area contributed by atoms with Crippen molar-refractivity contribution in [1.29, 1.82) is 0 Å². The summed E-state index contributed by atoms with van der Waals surface area (Å²) in [5.41, 5.74) is 0.160. The van der Waals surface area contributed by atoms with Crippen molar-refractivity contribution in [3.63, 3.8) is 0 Å². The first-order chi connectivity index (χ1) is 7.33. The van der Waals surface area contributed by atoms with Crippen molar-refractivity contribution < 1.29 is 13.2 Å². The highest BCUT2D eigenvalue weighted by atomic mass is 35.5. The molecule has 0 fully saturated rings. The molecule has 16 heavy (non-hydrogen) atoms. The first-order valence-corrected chi connectivity index (χ1v) is 6.51. The van der Waals surface area contributed by atoms with E-state index >= 15 is 0 Å². The summed E-state index contributed by atoms with van der Waals surface area (Å²) in [6.07, 6.45) is 0. The fraction of sp³-hybridized carbons (Fsp3) is 0.300. The number of hydrogen-bond acceptors (Lipinski definition) is 3. The van der Waals surface area contributed by atoms with Crippen LogP contribution >= 0.6 is 11.6 Å². The maximum absolute atomic E-state index is 11.8. The van der Waals surface area contributed by atoms with E-state index in [1.807, 2.05) is 0 Å². The van der Waals surface area contributed by atoms with Crippen LogP contribution in [0.3, 0.4) is 0 Å². The summed E-state index contributed by atoms with van der Waals surface area (Å²) < 4.78 is 25.9. The molecule has 1 rings (SSSR count). The molecule has 0 atom stereocenters. The van der Waals surface area contributed by atoms with Gasteiger partial charge in [-0.2, -0.15) is 0 Å². The molecule has 0 aliphatic heterocycles. The average molecular weight is 262 g/mol. The molecule has 4 nitrogen and oxygen atoms in total. The van der Waals surface area contributed by atoms with Crippen LogP contribution in [-0.2, 0) is 10.0 Å². The summed E-state index contributed by atoms with van der Waals surface area (Å²) in [4.78, 5) is 10.9. The van der Waals surface area contributed by atoms with E-state index in [0.29, 0.717) is 0 Å². The highest BCUT2D eigenvalue weighted by molar-refractivity contribution is 7.89. The zero-order valence-corrected chi connectivity index (χ0v) is 10.5. The van der Waals surface area contributed by atoms with Gasteiger partial charge in [0.2, 0.25) is 10.0 Å². The summed E-state index contributed by atoms with van der Waals surface area (Å²) in [6, 6.07) is 5.39. The van der Waals surface area contributed by atoms with Crippen molar-refractivity contribution >= 4 is 26.9 Å². The van der Waals surface area contributed by atoms with Gasteiger partial charge in [-0.25, -0.2) is 13.1 Å². The molecule has 0 bridgehead atoms. The van der Waals surface area contributed by atoms with Gasteiger partial charge in [0, 0.05) is 11.6 Å². The molecule has 0 aliphatic carbocycles. The summed E-state index contributed by atoms with van der Waals surface area (Å²) in [5.74, 6) is 0. The maximum atomic E-state index is 11.8. The molecule has 0 aliphatic rings. The van der Waals surface area contributed by atoms with Gasteiger partial charge < -0.3 is 0 Å². The van der Waals surface area contributed by atoms with E-state index < -0.39 is 15.3 Å². The lowest BCUT2D eigenvalue weighted by Gasteiger charge is -2.09. The molecule has 1 N–H and O–H groups in total. The number of sulfonamides is 1. The average Bonchev–Trinajstić information content (AvgIpc) is 2.16. The van der Waals surface area contributed by atoms with Gasteiger partial charge in [0.25, 0.3) is 5.24 Å². The van der Waals surface area contributed by atoms with E-state index in [2.05, 4.69) is 4.72 Å². The van der Waals surface area contributed by atoms with E-state index in [1.165, 1.54) is 24.3 Å². The Hall–Kier alpha value is -0.910. The van der Waals surface area contributed by atoms with Crippen LogP contribution in [0.25, 0.3) is 0 Å². The maximum Gasteiger partial charge on any atom is 0.252 e. The molecule has 0 saturated heterocycles. The van der Waals surface area contributed by atoms with Crippen molar-refractivity contribution in [2.45, 2.75) is 24.8 Å². The molecule has 0 heterocycles. The van der Waals surface area contributed by atoms with E-state index in [4.69, 9.17) is 11.6 Å². The second-order valence-corrected chi connectivity index (χ2v) is 5.63. The van der Waals surface area contributed by atoms with Crippen molar-refractivity contribution in [1.82, 2.24) is 4.72 Å². The van der Waals surface area contributed by atoms with Crippen LogP contribution in [-0.4, -0.2) is 19.7 Å². The molecule has 0 aromatic heterocycles. The standard InChI is InChI=1S/C10H12ClNO3S/c1-7(2)12-16(14,15)9-5-3-4-8(6-9)10(11)13/h3-7,12H,1-2H3. The molecule has 1 aromatic rings. The minimum absolute atomic E-state index is 0.0349. The lowest BCUT2D eigenvalue weighted by molar-refractivity contribution is 0.108. The molecule has 0 spiro atoms. The van der Waals surface area contributed by atoms with Gasteiger partial charge in [0.1, 0.15) is 0 Å². The van der Waals surface area contributed by atoms with Gasteiger partial charge in [-0.05, 0) is 37.6 Å². The Kier molecular flexibility index (Phi) is 4.07. The lowest BCUT2D eigenvalue weighted by atomic mass is 10.2. The van der Waals surface area contributed by atoms with Crippen LogP contribution < -0.4 is 4.72 Å². The zero-order chi connectivity index (χ0) is 12.3. The number of hydrogen-bond donors (Lipinski definition) is 1. The van der Waals surface area contributed by atoms with Gasteiger partial charge in [0.15, 0.2) is 0 Å². The Morgan fingerprint density at radius 2 is 2.00 bits per heavy atom.